The van der Waals surface area contributed by atoms with Crippen LogP contribution in [-0.2, 0) is 4.79 Å². The summed E-state index contributed by atoms with van der Waals surface area (Å²) >= 11 is 0. The highest BCUT2D eigenvalue weighted by Gasteiger charge is 2.42. The van der Waals surface area contributed by atoms with Gasteiger partial charge in [-0.25, -0.2) is 9.59 Å². The van der Waals surface area contributed by atoms with Crippen molar-refractivity contribution < 1.29 is 14.7 Å². The first kappa shape index (κ1) is 16.1. The van der Waals surface area contributed by atoms with Crippen molar-refractivity contribution >= 4 is 12.0 Å². The molecule has 2 aliphatic carbocycles. The minimum absolute atomic E-state index is 0.322. The molecule has 0 aromatic heterocycles. The molecule has 2 aliphatic rings. The van der Waals surface area contributed by atoms with Crippen LogP contribution in [0.25, 0.3) is 0 Å². The van der Waals surface area contributed by atoms with Gasteiger partial charge < -0.3 is 15.7 Å². The molecule has 0 spiro atoms. The number of amides is 2. The van der Waals surface area contributed by atoms with Crippen LogP contribution in [0.3, 0.4) is 0 Å². The van der Waals surface area contributed by atoms with Crippen molar-refractivity contribution in [1.29, 1.82) is 0 Å². The van der Waals surface area contributed by atoms with E-state index in [4.69, 9.17) is 0 Å². The zero-order valence-electron chi connectivity index (χ0n) is 13.0. The SMILES string of the molecule is CCC1CCC(CNC(=O)NC2(C(=O)O)CCCC2)CC1. The molecule has 2 saturated carbocycles. The quantitative estimate of drug-likeness (QED) is 0.730. The largest absolute Gasteiger partial charge is 0.480 e. The van der Waals surface area contributed by atoms with Crippen molar-refractivity contribution in [2.75, 3.05) is 6.54 Å². The molecule has 21 heavy (non-hydrogen) atoms. The van der Waals surface area contributed by atoms with E-state index >= 15 is 0 Å². The van der Waals surface area contributed by atoms with Crippen LogP contribution in [0.2, 0.25) is 0 Å². The van der Waals surface area contributed by atoms with Gasteiger partial charge in [0.2, 0.25) is 0 Å². The fourth-order valence-electron chi connectivity index (χ4n) is 3.71. The maximum absolute atomic E-state index is 12.0. The lowest BCUT2D eigenvalue weighted by Crippen LogP contribution is -2.56. The normalized spacial score (nSPS) is 28.0. The predicted molar refractivity (Wildman–Crippen MR) is 81.1 cm³/mol. The number of rotatable bonds is 5. The molecule has 0 aromatic carbocycles. The van der Waals surface area contributed by atoms with Crippen LogP contribution < -0.4 is 10.6 Å². The van der Waals surface area contributed by atoms with Gasteiger partial charge in [-0.2, -0.15) is 0 Å². The summed E-state index contributed by atoms with van der Waals surface area (Å²) in [6.07, 6.45) is 8.91. The van der Waals surface area contributed by atoms with Crippen LogP contribution in [-0.4, -0.2) is 29.2 Å². The molecule has 0 aliphatic heterocycles. The number of carbonyl (C=O) groups excluding carboxylic acids is 1. The highest BCUT2D eigenvalue weighted by atomic mass is 16.4. The molecule has 0 heterocycles. The molecule has 2 amide bonds. The second kappa shape index (κ2) is 7.14. The third-order valence-electron chi connectivity index (χ3n) is 5.31. The zero-order chi connectivity index (χ0) is 15.3. The summed E-state index contributed by atoms with van der Waals surface area (Å²) in [5.74, 6) is 0.491. The molecule has 2 fully saturated rings. The Morgan fingerprint density at radius 2 is 1.67 bits per heavy atom. The van der Waals surface area contributed by atoms with Gasteiger partial charge in [-0.15, -0.1) is 0 Å². The smallest absolute Gasteiger partial charge is 0.329 e. The Morgan fingerprint density at radius 1 is 1.10 bits per heavy atom. The van der Waals surface area contributed by atoms with Gasteiger partial charge >= 0.3 is 12.0 Å². The molecule has 0 radical (unpaired) electrons. The summed E-state index contributed by atoms with van der Waals surface area (Å²) in [6.45, 7) is 2.90. The highest BCUT2D eigenvalue weighted by molar-refractivity contribution is 5.86. The summed E-state index contributed by atoms with van der Waals surface area (Å²) in [7, 11) is 0. The maximum atomic E-state index is 12.0. The second-order valence-electron chi connectivity index (χ2n) is 6.72. The number of carboxylic acids is 1. The van der Waals surface area contributed by atoms with E-state index < -0.39 is 11.5 Å². The van der Waals surface area contributed by atoms with Gasteiger partial charge in [0.05, 0.1) is 0 Å². The van der Waals surface area contributed by atoms with Gasteiger partial charge in [-0.05, 0) is 37.5 Å². The number of urea groups is 1. The Bertz CT molecular complexity index is 370. The summed E-state index contributed by atoms with van der Waals surface area (Å²) in [5, 5.41) is 14.9. The summed E-state index contributed by atoms with van der Waals surface area (Å²) in [5.41, 5.74) is -1.04. The molecule has 0 unspecified atom stereocenters. The molecular formula is C16H28N2O3. The van der Waals surface area contributed by atoms with E-state index in [1.54, 1.807) is 0 Å². The minimum Gasteiger partial charge on any atom is -0.480 e. The van der Waals surface area contributed by atoms with Crippen LogP contribution in [0.1, 0.15) is 64.7 Å². The van der Waals surface area contributed by atoms with Gasteiger partial charge in [0.25, 0.3) is 0 Å². The lowest BCUT2D eigenvalue weighted by atomic mass is 9.81. The van der Waals surface area contributed by atoms with Gasteiger partial charge in [0, 0.05) is 6.54 Å². The van der Waals surface area contributed by atoms with Crippen molar-refractivity contribution in [1.82, 2.24) is 10.6 Å². The van der Waals surface area contributed by atoms with Crippen LogP contribution in [0.4, 0.5) is 4.79 Å². The molecule has 3 N–H and O–H groups in total. The molecular weight excluding hydrogens is 268 g/mol. The first-order valence-corrected chi connectivity index (χ1v) is 8.35. The second-order valence-corrected chi connectivity index (χ2v) is 6.72. The number of carboxylic acid groups (broad SMARTS) is 1. The molecule has 120 valence electrons. The first-order valence-electron chi connectivity index (χ1n) is 8.35. The minimum atomic E-state index is -1.04. The Kier molecular flexibility index (Phi) is 5.48. The summed E-state index contributed by atoms with van der Waals surface area (Å²) in [6, 6.07) is -0.322. The molecule has 0 aromatic rings. The third kappa shape index (κ3) is 4.11. The van der Waals surface area contributed by atoms with Gasteiger partial charge in [-0.3, -0.25) is 0 Å². The van der Waals surface area contributed by atoms with Crippen LogP contribution in [0.5, 0.6) is 0 Å². The number of nitrogens with one attached hydrogen (secondary N) is 2. The van der Waals surface area contributed by atoms with E-state index in [1.165, 1.54) is 32.1 Å². The van der Waals surface area contributed by atoms with Crippen molar-refractivity contribution in [3.05, 3.63) is 0 Å². The van der Waals surface area contributed by atoms with Crippen LogP contribution in [0.15, 0.2) is 0 Å². The fourth-order valence-corrected chi connectivity index (χ4v) is 3.71. The molecule has 0 atom stereocenters. The third-order valence-corrected chi connectivity index (χ3v) is 5.31. The van der Waals surface area contributed by atoms with Crippen molar-refractivity contribution in [2.45, 2.75) is 70.3 Å². The first-order chi connectivity index (χ1) is 10.1. The van der Waals surface area contributed by atoms with Gasteiger partial charge in [0.1, 0.15) is 5.54 Å². The Labute approximate surface area is 126 Å². The average Bonchev–Trinajstić information content (AvgIpc) is 2.95. The Balaban J connectivity index is 1.73. The summed E-state index contributed by atoms with van der Waals surface area (Å²) in [4.78, 5) is 23.4. The number of aliphatic carboxylic acids is 1. The van der Waals surface area contributed by atoms with Crippen LogP contribution >= 0.6 is 0 Å². The number of hydrogen-bond donors (Lipinski definition) is 3. The Morgan fingerprint density at radius 3 is 2.19 bits per heavy atom. The Hall–Kier alpha value is -1.26. The molecule has 2 rings (SSSR count). The fraction of sp³-hybridized carbons (Fsp3) is 0.875. The van der Waals surface area contributed by atoms with Crippen molar-refractivity contribution in [3.63, 3.8) is 0 Å². The molecule has 0 bridgehead atoms. The molecule has 5 heteroatoms. The predicted octanol–water partition coefficient (Wildman–Crippen LogP) is 2.90. The number of carbonyl (C=O) groups is 2. The van der Waals surface area contributed by atoms with Gasteiger partial charge in [0.15, 0.2) is 0 Å². The van der Waals surface area contributed by atoms with E-state index in [9.17, 15) is 14.7 Å². The van der Waals surface area contributed by atoms with Crippen molar-refractivity contribution in [3.8, 4) is 0 Å². The van der Waals surface area contributed by atoms with Gasteiger partial charge in [-0.1, -0.05) is 39.0 Å². The lowest BCUT2D eigenvalue weighted by molar-refractivity contribution is -0.144. The standard InChI is InChI=1S/C16H28N2O3/c1-2-12-5-7-13(8-6-12)11-17-15(21)18-16(14(19)20)9-3-4-10-16/h12-13H,2-11H2,1H3,(H,19,20)(H2,17,18,21). The average molecular weight is 296 g/mol. The van der Waals surface area contributed by atoms with E-state index in [-0.39, 0.29) is 6.03 Å². The molecule has 0 saturated heterocycles. The van der Waals surface area contributed by atoms with E-state index in [2.05, 4.69) is 17.6 Å². The van der Waals surface area contributed by atoms with E-state index in [1.807, 2.05) is 0 Å². The maximum Gasteiger partial charge on any atom is 0.329 e. The van der Waals surface area contributed by atoms with Crippen molar-refractivity contribution in [2.24, 2.45) is 11.8 Å². The monoisotopic (exact) mass is 296 g/mol. The highest BCUT2D eigenvalue weighted by Crippen LogP contribution is 2.31. The zero-order valence-corrected chi connectivity index (χ0v) is 13.0. The topological polar surface area (TPSA) is 78.4 Å². The van der Waals surface area contributed by atoms with Crippen LogP contribution in [0, 0.1) is 11.8 Å². The molecule has 5 nitrogen and oxygen atoms in total. The van der Waals surface area contributed by atoms with E-state index in [0.717, 1.165) is 18.8 Å². The lowest BCUT2D eigenvalue weighted by Gasteiger charge is -2.29. The number of hydrogen-bond acceptors (Lipinski definition) is 2. The van der Waals surface area contributed by atoms with E-state index in [0.29, 0.717) is 25.3 Å². The summed E-state index contributed by atoms with van der Waals surface area (Å²) < 4.78 is 0.